The van der Waals surface area contributed by atoms with Gasteiger partial charge in [-0.25, -0.2) is 0 Å². The fraction of sp³-hybridized carbons (Fsp3) is 0. The second kappa shape index (κ2) is 20.2. The summed E-state index contributed by atoms with van der Waals surface area (Å²) >= 11 is 0. The van der Waals surface area contributed by atoms with E-state index in [1.807, 2.05) is 60.7 Å². The number of hydrogen-bond donors (Lipinski definition) is 0. The third kappa shape index (κ3) is 17.3. The zero-order valence-corrected chi connectivity index (χ0v) is 14.0. The molecule has 0 aliphatic carbocycles. The fourth-order valence-corrected chi connectivity index (χ4v) is 0.982. The Balaban J connectivity index is 0. The van der Waals surface area contributed by atoms with E-state index in [-0.39, 0.29) is 24.5 Å². The van der Waals surface area contributed by atoms with Crippen molar-refractivity contribution in [2.45, 2.75) is 0 Å². The van der Waals surface area contributed by atoms with Gasteiger partial charge in [0.1, 0.15) is 0 Å². The summed E-state index contributed by atoms with van der Waals surface area (Å²) in [6, 6.07) is 25.0. The average Bonchev–Trinajstić information content (AvgIpc) is 3.37. The number of hydrogen-bond acceptors (Lipinski definition) is 4. The minimum absolute atomic E-state index is 0. The van der Waals surface area contributed by atoms with E-state index in [2.05, 4.69) is 42.5 Å². The molecule has 0 spiro atoms. The minimum atomic E-state index is 0. The van der Waals surface area contributed by atoms with Gasteiger partial charge in [0.25, 0.3) is 0 Å². The van der Waals surface area contributed by atoms with Crippen LogP contribution in [0.3, 0.4) is 0 Å². The van der Waals surface area contributed by atoms with Gasteiger partial charge in [-0.3, -0.25) is 0 Å². The maximum atomic E-state index is 3.50. The van der Waals surface area contributed by atoms with Crippen molar-refractivity contribution in [3.8, 4) is 0 Å². The van der Waals surface area contributed by atoms with Crippen molar-refractivity contribution in [2.75, 3.05) is 0 Å². The second-order valence-electron chi connectivity index (χ2n) is 3.38. The molecule has 0 saturated heterocycles. The van der Waals surface area contributed by atoms with Crippen LogP contribution in [0.15, 0.2) is 86.0 Å². The summed E-state index contributed by atoms with van der Waals surface area (Å²) in [5.41, 5.74) is 0. The predicted octanol–water partition coefficient (Wildman–Crippen LogP) is 2.29. The zero-order valence-electron chi connectivity index (χ0n) is 13.1. The van der Waals surface area contributed by atoms with Gasteiger partial charge in [-0.15, -0.1) is 0 Å². The van der Waals surface area contributed by atoms with Crippen molar-refractivity contribution in [3.63, 3.8) is 0 Å². The molecule has 4 aromatic rings. The van der Waals surface area contributed by atoms with E-state index in [0.29, 0.717) is 0 Å². The van der Waals surface area contributed by atoms with Gasteiger partial charge in [-0.2, -0.15) is 72.8 Å². The fourth-order valence-electron chi connectivity index (χ4n) is 0.982. The van der Waals surface area contributed by atoms with Gasteiger partial charge in [0.15, 0.2) is 0 Å². The van der Waals surface area contributed by atoms with Crippen LogP contribution < -0.4 is 9.97 Å². The third-order valence-corrected chi connectivity index (χ3v) is 1.82. The van der Waals surface area contributed by atoms with Gasteiger partial charge in [0.2, 0.25) is 0 Å². The van der Waals surface area contributed by atoms with E-state index in [9.17, 15) is 0 Å². The maximum absolute atomic E-state index is 3.50. The average molecular weight is 369 g/mol. The van der Waals surface area contributed by atoms with Crippen molar-refractivity contribution in [1.82, 2.24) is 30.4 Å². The first kappa shape index (κ1) is 23.5. The van der Waals surface area contributed by atoms with Crippen LogP contribution in [0.25, 0.3) is 0 Å². The quantitative estimate of drug-likeness (QED) is 0.350. The van der Waals surface area contributed by atoms with Crippen molar-refractivity contribution in [1.29, 1.82) is 0 Å². The standard InChI is InChI=1S/2C6H5.2C2H2N3.CH3.Cu/c2*1-2-4-6-5-3-1;2*1-3-2-5-4-1;;/h2*1-5H;2*1-2H;1H3;/q5*-1;. The second-order valence-corrected chi connectivity index (χ2v) is 3.38. The van der Waals surface area contributed by atoms with Crippen LogP contribution in [-0.4, -0.2) is 20.4 Å². The summed E-state index contributed by atoms with van der Waals surface area (Å²) in [5.74, 6) is 0. The summed E-state index contributed by atoms with van der Waals surface area (Å²) in [6.07, 6.45) is 5.56. The molecule has 2 aromatic carbocycles. The Labute approximate surface area is 153 Å². The molecule has 4 rings (SSSR count). The van der Waals surface area contributed by atoms with Gasteiger partial charge in [-0.05, 0) is 25.3 Å². The molecule has 0 N–H and O–H groups in total. The third-order valence-electron chi connectivity index (χ3n) is 1.82. The van der Waals surface area contributed by atoms with Gasteiger partial charge in [0, 0.05) is 17.1 Å². The summed E-state index contributed by atoms with van der Waals surface area (Å²) in [5, 5.41) is 13.4. The van der Waals surface area contributed by atoms with Crippen LogP contribution in [0.1, 0.15) is 0 Å². The number of benzene rings is 2. The van der Waals surface area contributed by atoms with Crippen LogP contribution in [-0.2, 0) is 17.1 Å². The van der Waals surface area contributed by atoms with Gasteiger partial charge < -0.3 is 37.8 Å². The molecular formula is C17H17CuN6-5. The molecule has 1 radical (unpaired) electrons. The van der Waals surface area contributed by atoms with E-state index < -0.39 is 0 Å². The molecule has 0 atom stereocenters. The largest absolute Gasteiger partial charge is 0.374 e. The maximum Gasteiger partial charge on any atom is 0 e. The molecule has 24 heavy (non-hydrogen) atoms. The molecule has 6 nitrogen and oxygen atoms in total. The predicted molar refractivity (Wildman–Crippen MR) is 87.7 cm³/mol. The van der Waals surface area contributed by atoms with E-state index in [4.69, 9.17) is 0 Å². The Morgan fingerprint density at radius 1 is 0.500 bits per heavy atom. The molecule has 0 aliphatic heterocycles. The van der Waals surface area contributed by atoms with Crippen molar-refractivity contribution >= 4 is 0 Å². The molecule has 2 heterocycles. The van der Waals surface area contributed by atoms with E-state index in [1.54, 1.807) is 0 Å². The normalized spacial score (nSPS) is 7.33. The molecule has 0 fully saturated rings. The minimum Gasteiger partial charge on any atom is -0.374 e. The molecular weight excluding hydrogens is 352 g/mol. The number of nitrogens with zero attached hydrogens (tertiary/aromatic N) is 6. The molecule has 0 saturated carbocycles. The summed E-state index contributed by atoms with van der Waals surface area (Å²) in [6.45, 7) is 0. The Morgan fingerprint density at radius 2 is 0.792 bits per heavy atom. The van der Waals surface area contributed by atoms with Crippen LogP contribution >= 0.6 is 0 Å². The SMILES string of the molecule is [CH3-].[Cu].[c-]1ccccc1.[c-]1ccccc1.c1nnc[n-]1.c1nnc[n-]1. The monoisotopic (exact) mass is 368 g/mol. The zero-order chi connectivity index (χ0) is 15.6. The summed E-state index contributed by atoms with van der Waals surface area (Å²) in [4.78, 5) is 7.00. The van der Waals surface area contributed by atoms with Crippen molar-refractivity contribution < 1.29 is 17.1 Å². The Bertz CT molecular complexity index is 455. The number of rotatable bonds is 0. The molecule has 2 aromatic heterocycles. The molecule has 0 bridgehead atoms. The first-order chi connectivity index (χ1) is 11.0. The smallest absolute Gasteiger partial charge is 0 e. The van der Waals surface area contributed by atoms with Crippen molar-refractivity contribution in [2.24, 2.45) is 0 Å². The van der Waals surface area contributed by atoms with Gasteiger partial charge >= 0.3 is 0 Å². The van der Waals surface area contributed by atoms with Gasteiger partial charge in [-0.1, -0.05) is 0 Å². The Kier molecular flexibility index (Phi) is 19.8. The van der Waals surface area contributed by atoms with Crippen molar-refractivity contribution in [3.05, 3.63) is 106 Å². The molecule has 7 heteroatoms. The number of aromatic nitrogens is 6. The van der Waals surface area contributed by atoms with Crippen LogP contribution in [0, 0.1) is 19.6 Å². The Hall–Kier alpha value is -2.76. The molecule has 0 unspecified atom stereocenters. The molecule has 131 valence electrons. The van der Waals surface area contributed by atoms with Crippen LogP contribution in [0.2, 0.25) is 0 Å². The molecule has 0 amide bonds. The summed E-state index contributed by atoms with van der Waals surface area (Å²) in [7, 11) is 0. The van der Waals surface area contributed by atoms with E-state index >= 15 is 0 Å². The van der Waals surface area contributed by atoms with E-state index in [1.165, 1.54) is 25.3 Å². The van der Waals surface area contributed by atoms with Gasteiger partial charge in [0.05, 0.1) is 0 Å². The molecule has 0 aliphatic rings. The topological polar surface area (TPSA) is 79.8 Å². The Morgan fingerprint density at radius 3 is 0.875 bits per heavy atom. The first-order valence-electron chi connectivity index (χ1n) is 6.29. The van der Waals surface area contributed by atoms with E-state index in [0.717, 1.165) is 0 Å². The first-order valence-corrected chi connectivity index (χ1v) is 6.29. The van der Waals surface area contributed by atoms with Crippen LogP contribution in [0.4, 0.5) is 0 Å². The van der Waals surface area contributed by atoms with Crippen LogP contribution in [0.5, 0.6) is 0 Å². The summed E-state index contributed by atoms with van der Waals surface area (Å²) < 4.78 is 0.